The van der Waals surface area contributed by atoms with Crippen LogP contribution in [0.4, 0.5) is 5.69 Å². The molecule has 1 unspecified atom stereocenters. The molecule has 1 rings (SSSR count). The fourth-order valence-electron chi connectivity index (χ4n) is 1.83. The van der Waals surface area contributed by atoms with Crippen LogP contribution < -0.4 is 10.2 Å². The molecule has 1 aromatic rings. The molecule has 96 valence electrons. The maximum absolute atomic E-state index is 3.30. The van der Waals surface area contributed by atoms with Gasteiger partial charge in [0.05, 0.1) is 0 Å². The lowest BCUT2D eigenvalue weighted by Gasteiger charge is -2.26. The average molecular weight is 235 g/mol. The monoisotopic (exact) mass is 235 g/mol. The normalized spacial score (nSPS) is 12.8. The third-order valence-corrected chi connectivity index (χ3v) is 3.13. The minimum atomic E-state index is 0.382. The summed E-state index contributed by atoms with van der Waals surface area (Å²) in [5, 5.41) is 3.30. The number of anilines is 1. The standard InChI is InChI=1S/C14H25N3/c1-12(15-2)13-8-6-7-9-14(13)17(5)11-10-16(3)4/h6-9,12,15H,10-11H2,1-5H3. The van der Waals surface area contributed by atoms with Crippen molar-refractivity contribution in [3.05, 3.63) is 29.8 Å². The second kappa shape index (κ2) is 6.62. The molecule has 0 saturated carbocycles. The molecule has 1 aromatic carbocycles. The molecule has 1 N–H and O–H groups in total. The first-order valence-electron chi connectivity index (χ1n) is 6.18. The molecule has 0 radical (unpaired) electrons. The summed E-state index contributed by atoms with van der Waals surface area (Å²) in [5.41, 5.74) is 2.67. The van der Waals surface area contributed by atoms with Crippen molar-refractivity contribution in [1.82, 2.24) is 10.2 Å². The van der Waals surface area contributed by atoms with Gasteiger partial charge in [0.25, 0.3) is 0 Å². The molecular weight excluding hydrogens is 210 g/mol. The maximum Gasteiger partial charge on any atom is 0.0412 e. The van der Waals surface area contributed by atoms with Gasteiger partial charge in [0.1, 0.15) is 0 Å². The molecule has 3 heteroatoms. The van der Waals surface area contributed by atoms with E-state index in [9.17, 15) is 0 Å². The number of nitrogens with zero attached hydrogens (tertiary/aromatic N) is 2. The molecule has 0 fully saturated rings. The summed E-state index contributed by atoms with van der Waals surface area (Å²) in [4.78, 5) is 4.53. The van der Waals surface area contributed by atoms with E-state index in [0.717, 1.165) is 13.1 Å². The van der Waals surface area contributed by atoms with Gasteiger partial charge in [0.15, 0.2) is 0 Å². The predicted molar refractivity (Wildman–Crippen MR) is 75.7 cm³/mol. The number of para-hydroxylation sites is 1. The van der Waals surface area contributed by atoms with E-state index in [1.807, 2.05) is 7.05 Å². The first-order valence-corrected chi connectivity index (χ1v) is 6.18. The zero-order valence-electron chi connectivity index (χ0n) is 11.7. The molecule has 0 aromatic heterocycles. The van der Waals surface area contributed by atoms with Crippen LogP contribution in [0.3, 0.4) is 0 Å². The number of benzene rings is 1. The van der Waals surface area contributed by atoms with Gasteiger partial charge in [-0.25, -0.2) is 0 Å². The summed E-state index contributed by atoms with van der Waals surface area (Å²) in [5.74, 6) is 0. The van der Waals surface area contributed by atoms with Gasteiger partial charge in [-0.1, -0.05) is 18.2 Å². The Balaban J connectivity index is 2.81. The summed E-state index contributed by atoms with van der Waals surface area (Å²) in [6, 6.07) is 8.98. The Labute approximate surface area is 105 Å². The average Bonchev–Trinajstić information content (AvgIpc) is 2.34. The Morgan fingerprint density at radius 3 is 2.35 bits per heavy atom. The van der Waals surface area contributed by atoms with Gasteiger partial charge in [0.2, 0.25) is 0 Å². The highest BCUT2D eigenvalue weighted by molar-refractivity contribution is 5.54. The molecule has 0 heterocycles. The number of rotatable bonds is 6. The summed E-state index contributed by atoms with van der Waals surface area (Å²) in [6.07, 6.45) is 0. The van der Waals surface area contributed by atoms with Crippen LogP contribution in [0.25, 0.3) is 0 Å². The lowest BCUT2D eigenvalue weighted by atomic mass is 10.1. The van der Waals surface area contributed by atoms with Crippen molar-refractivity contribution >= 4 is 5.69 Å². The molecule has 0 bridgehead atoms. The van der Waals surface area contributed by atoms with Crippen LogP contribution in [-0.4, -0.2) is 46.2 Å². The van der Waals surface area contributed by atoms with E-state index < -0.39 is 0 Å². The molecule has 0 aliphatic carbocycles. The summed E-state index contributed by atoms with van der Waals surface area (Å²) in [6.45, 7) is 4.30. The second-order valence-corrected chi connectivity index (χ2v) is 4.79. The predicted octanol–water partition coefficient (Wildman–Crippen LogP) is 1.96. The van der Waals surface area contributed by atoms with Crippen molar-refractivity contribution in [3.63, 3.8) is 0 Å². The molecule has 0 spiro atoms. The SMILES string of the molecule is CNC(C)c1ccccc1N(C)CCN(C)C. The van der Waals surface area contributed by atoms with Gasteiger partial charge >= 0.3 is 0 Å². The summed E-state index contributed by atoms with van der Waals surface area (Å²) < 4.78 is 0. The lowest BCUT2D eigenvalue weighted by Crippen LogP contribution is -2.29. The first-order chi connectivity index (χ1) is 8.06. The number of nitrogens with one attached hydrogen (secondary N) is 1. The summed E-state index contributed by atoms with van der Waals surface area (Å²) in [7, 11) is 8.37. The largest absolute Gasteiger partial charge is 0.373 e. The number of likely N-dealkylation sites (N-methyl/N-ethyl adjacent to an activating group) is 2. The van der Waals surface area contributed by atoms with Crippen molar-refractivity contribution in [2.45, 2.75) is 13.0 Å². The van der Waals surface area contributed by atoms with Crippen molar-refractivity contribution in [2.24, 2.45) is 0 Å². The van der Waals surface area contributed by atoms with Gasteiger partial charge in [-0.2, -0.15) is 0 Å². The molecule has 0 aliphatic heterocycles. The van der Waals surface area contributed by atoms with E-state index in [1.165, 1.54) is 11.3 Å². The van der Waals surface area contributed by atoms with Crippen molar-refractivity contribution in [2.75, 3.05) is 46.2 Å². The van der Waals surface area contributed by atoms with Crippen LogP contribution in [-0.2, 0) is 0 Å². The Hall–Kier alpha value is -1.06. The van der Waals surface area contributed by atoms with E-state index in [0.29, 0.717) is 6.04 Å². The van der Waals surface area contributed by atoms with E-state index in [4.69, 9.17) is 0 Å². The molecule has 0 aliphatic rings. The van der Waals surface area contributed by atoms with Crippen molar-refractivity contribution in [1.29, 1.82) is 0 Å². The zero-order valence-corrected chi connectivity index (χ0v) is 11.7. The van der Waals surface area contributed by atoms with Crippen molar-refractivity contribution in [3.8, 4) is 0 Å². The van der Waals surface area contributed by atoms with Gasteiger partial charge < -0.3 is 15.1 Å². The topological polar surface area (TPSA) is 18.5 Å². The van der Waals surface area contributed by atoms with Crippen LogP contribution >= 0.6 is 0 Å². The Morgan fingerprint density at radius 2 is 1.76 bits per heavy atom. The van der Waals surface area contributed by atoms with Crippen LogP contribution in [0.2, 0.25) is 0 Å². The van der Waals surface area contributed by atoms with Gasteiger partial charge in [0, 0.05) is 31.9 Å². The van der Waals surface area contributed by atoms with Crippen molar-refractivity contribution < 1.29 is 0 Å². The molecule has 0 saturated heterocycles. The molecule has 3 nitrogen and oxygen atoms in total. The quantitative estimate of drug-likeness (QED) is 0.813. The summed E-state index contributed by atoms with van der Waals surface area (Å²) >= 11 is 0. The van der Waals surface area contributed by atoms with Crippen LogP contribution in [0.5, 0.6) is 0 Å². The Kier molecular flexibility index (Phi) is 5.45. The van der Waals surface area contributed by atoms with Gasteiger partial charge in [-0.15, -0.1) is 0 Å². The van der Waals surface area contributed by atoms with E-state index in [-0.39, 0.29) is 0 Å². The third-order valence-electron chi connectivity index (χ3n) is 3.13. The van der Waals surface area contributed by atoms with Gasteiger partial charge in [-0.3, -0.25) is 0 Å². The molecule has 17 heavy (non-hydrogen) atoms. The van der Waals surface area contributed by atoms with Crippen LogP contribution in [0.1, 0.15) is 18.5 Å². The third kappa shape index (κ3) is 4.02. The van der Waals surface area contributed by atoms with Gasteiger partial charge in [-0.05, 0) is 39.7 Å². The highest BCUT2D eigenvalue weighted by Gasteiger charge is 2.11. The fourth-order valence-corrected chi connectivity index (χ4v) is 1.83. The number of hydrogen-bond acceptors (Lipinski definition) is 3. The Bertz CT molecular complexity index is 336. The second-order valence-electron chi connectivity index (χ2n) is 4.79. The highest BCUT2D eigenvalue weighted by Crippen LogP contribution is 2.24. The molecule has 1 atom stereocenters. The van der Waals surface area contributed by atoms with Crippen LogP contribution in [0.15, 0.2) is 24.3 Å². The minimum Gasteiger partial charge on any atom is -0.373 e. The zero-order chi connectivity index (χ0) is 12.8. The Morgan fingerprint density at radius 1 is 1.12 bits per heavy atom. The number of hydrogen-bond donors (Lipinski definition) is 1. The maximum atomic E-state index is 3.30. The smallest absolute Gasteiger partial charge is 0.0412 e. The fraction of sp³-hybridized carbons (Fsp3) is 0.571. The van der Waals surface area contributed by atoms with E-state index in [2.05, 4.69) is 67.4 Å². The van der Waals surface area contributed by atoms with E-state index in [1.54, 1.807) is 0 Å². The minimum absolute atomic E-state index is 0.382. The molecule has 0 amide bonds. The lowest BCUT2D eigenvalue weighted by molar-refractivity contribution is 0.416. The van der Waals surface area contributed by atoms with E-state index >= 15 is 0 Å². The highest BCUT2D eigenvalue weighted by atomic mass is 15.2. The van der Waals surface area contributed by atoms with Crippen LogP contribution in [0, 0.1) is 0 Å². The first kappa shape index (κ1) is 14.0. The molecular formula is C14H25N3.